The van der Waals surface area contributed by atoms with Crippen molar-refractivity contribution in [3.8, 4) is 5.75 Å². The number of ether oxygens (including phenoxy) is 1. The van der Waals surface area contributed by atoms with Crippen LogP contribution < -0.4 is 10.5 Å². The van der Waals surface area contributed by atoms with Crippen molar-refractivity contribution < 1.29 is 13.9 Å². The second-order valence-corrected chi connectivity index (χ2v) is 7.18. The number of amides is 1. The van der Waals surface area contributed by atoms with Gasteiger partial charge in [0.2, 0.25) is 5.91 Å². The predicted molar refractivity (Wildman–Crippen MR) is 96.0 cm³/mol. The summed E-state index contributed by atoms with van der Waals surface area (Å²) in [7, 11) is 0. The van der Waals surface area contributed by atoms with Gasteiger partial charge in [-0.3, -0.25) is 4.79 Å². The van der Waals surface area contributed by atoms with E-state index in [1.165, 1.54) is 23.5 Å². The van der Waals surface area contributed by atoms with Crippen molar-refractivity contribution in [3.63, 3.8) is 0 Å². The van der Waals surface area contributed by atoms with Crippen molar-refractivity contribution in [2.45, 2.75) is 25.7 Å². The van der Waals surface area contributed by atoms with Crippen molar-refractivity contribution in [2.75, 3.05) is 25.4 Å². The highest BCUT2D eigenvalue weighted by atomic mass is 32.1. The molecule has 0 radical (unpaired) electrons. The molecule has 0 bridgehead atoms. The van der Waals surface area contributed by atoms with Crippen LogP contribution in [0.2, 0.25) is 0 Å². The lowest BCUT2D eigenvalue weighted by Crippen LogP contribution is -2.41. The Kier molecular flexibility index (Phi) is 5.86. The summed E-state index contributed by atoms with van der Waals surface area (Å²) in [4.78, 5) is 18.5. The minimum Gasteiger partial charge on any atom is -0.493 e. The maximum atomic E-state index is 13.2. The number of carbonyl (C=O) groups excluding carboxylic acids is 1. The lowest BCUT2D eigenvalue weighted by atomic mass is 9.98. The van der Waals surface area contributed by atoms with E-state index in [1.54, 1.807) is 12.1 Å². The first-order valence-electron chi connectivity index (χ1n) is 8.46. The van der Waals surface area contributed by atoms with Crippen LogP contribution in [0.5, 0.6) is 5.75 Å². The smallest absolute Gasteiger partial charge is 0.222 e. The average molecular weight is 363 g/mol. The van der Waals surface area contributed by atoms with Crippen molar-refractivity contribution in [1.29, 1.82) is 0 Å². The lowest BCUT2D eigenvalue weighted by Gasteiger charge is -2.32. The minimum absolute atomic E-state index is 0.141. The molecule has 25 heavy (non-hydrogen) atoms. The Morgan fingerprint density at radius 2 is 2.36 bits per heavy atom. The zero-order valence-corrected chi connectivity index (χ0v) is 14.8. The molecule has 1 aliphatic rings. The SMILES string of the molecule is Nc1nc(CCC(=O)N2CCCC(COc3cccc(F)c3)C2)cs1. The highest BCUT2D eigenvalue weighted by Crippen LogP contribution is 2.20. The number of hydrogen-bond donors (Lipinski definition) is 1. The number of hydrogen-bond acceptors (Lipinski definition) is 5. The van der Waals surface area contributed by atoms with Crippen molar-refractivity contribution >= 4 is 22.4 Å². The summed E-state index contributed by atoms with van der Waals surface area (Å²) in [6, 6.07) is 6.15. The third-order valence-corrected chi connectivity index (χ3v) is 5.04. The molecule has 2 N–H and O–H groups in total. The normalized spacial score (nSPS) is 17.5. The van der Waals surface area contributed by atoms with Gasteiger partial charge in [-0.25, -0.2) is 9.37 Å². The van der Waals surface area contributed by atoms with E-state index in [-0.39, 0.29) is 17.6 Å². The predicted octanol–water partition coefficient (Wildman–Crippen LogP) is 3.11. The maximum absolute atomic E-state index is 13.2. The highest BCUT2D eigenvalue weighted by molar-refractivity contribution is 7.13. The Bertz CT molecular complexity index is 722. The molecule has 1 unspecified atom stereocenters. The number of aromatic nitrogens is 1. The largest absolute Gasteiger partial charge is 0.493 e. The van der Waals surface area contributed by atoms with Crippen molar-refractivity contribution in [1.82, 2.24) is 9.88 Å². The van der Waals surface area contributed by atoms with Crippen molar-refractivity contribution in [3.05, 3.63) is 41.2 Å². The Morgan fingerprint density at radius 3 is 3.12 bits per heavy atom. The van der Waals surface area contributed by atoms with E-state index in [1.807, 2.05) is 10.3 Å². The molecule has 0 spiro atoms. The molecule has 2 aromatic rings. The number of nitrogen functional groups attached to an aromatic ring is 1. The van der Waals surface area contributed by atoms with Crippen LogP contribution in [0.1, 0.15) is 25.0 Å². The molecule has 1 aromatic carbocycles. The van der Waals surface area contributed by atoms with Crippen LogP contribution >= 0.6 is 11.3 Å². The number of benzene rings is 1. The van der Waals surface area contributed by atoms with Gasteiger partial charge in [0.1, 0.15) is 11.6 Å². The second-order valence-electron chi connectivity index (χ2n) is 6.29. The van der Waals surface area contributed by atoms with E-state index in [9.17, 15) is 9.18 Å². The molecular weight excluding hydrogens is 341 g/mol. The molecular formula is C18H22FN3O2S. The first-order valence-corrected chi connectivity index (χ1v) is 9.34. The number of likely N-dealkylation sites (tertiary alicyclic amines) is 1. The molecule has 1 aromatic heterocycles. The van der Waals surface area contributed by atoms with E-state index in [0.717, 1.165) is 25.1 Å². The molecule has 2 heterocycles. The molecule has 1 saturated heterocycles. The van der Waals surface area contributed by atoms with Crippen LogP contribution in [0.15, 0.2) is 29.6 Å². The number of piperidine rings is 1. The van der Waals surface area contributed by atoms with Crippen molar-refractivity contribution in [2.24, 2.45) is 5.92 Å². The first kappa shape index (κ1) is 17.7. The van der Waals surface area contributed by atoms with Gasteiger partial charge in [0, 0.05) is 36.9 Å². The van der Waals surface area contributed by atoms with Crippen LogP contribution in [-0.4, -0.2) is 35.5 Å². The highest BCUT2D eigenvalue weighted by Gasteiger charge is 2.24. The summed E-state index contributed by atoms with van der Waals surface area (Å²) >= 11 is 1.40. The maximum Gasteiger partial charge on any atom is 0.222 e. The average Bonchev–Trinajstić information content (AvgIpc) is 3.03. The Balaban J connectivity index is 1.46. The summed E-state index contributed by atoms with van der Waals surface area (Å²) in [5, 5.41) is 2.43. The molecule has 7 heteroatoms. The van der Waals surface area contributed by atoms with Gasteiger partial charge in [-0.2, -0.15) is 0 Å². The van der Waals surface area contributed by atoms with E-state index in [2.05, 4.69) is 4.98 Å². The van der Waals surface area contributed by atoms with Crippen LogP contribution in [0.4, 0.5) is 9.52 Å². The summed E-state index contributed by atoms with van der Waals surface area (Å²) in [5.41, 5.74) is 6.49. The molecule has 134 valence electrons. The molecule has 0 saturated carbocycles. The number of halogens is 1. The fourth-order valence-corrected chi connectivity index (χ4v) is 3.63. The van der Waals surface area contributed by atoms with E-state index >= 15 is 0 Å². The summed E-state index contributed by atoms with van der Waals surface area (Å²) in [6.45, 7) is 1.97. The zero-order chi connectivity index (χ0) is 17.6. The summed E-state index contributed by atoms with van der Waals surface area (Å²) < 4.78 is 18.9. The van der Waals surface area contributed by atoms with Gasteiger partial charge in [-0.15, -0.1) is 11.3 Å². The number of anilines is 1. The molecule has 1 amide bonds. The third-order valence-electron chi connectivity index (χ3n) is 4.32. The second kappa shape index (κ2) is 8.29. The van der Waals surface area contributed by atoms with E-state index < -0.39 is 0 Å². The minimum atomic E-state index is -0.305. The van der Waals surface area contributed by atoms with Crippen LogP contribution in [0.3, 0.4) is 0 Å². The van der Waals surface area contributed by atoms with Gasteiger partial charge >= 0.3 is 0 Å². The van der Waals surface area contributed by atoms with E-state index in [4.69, 9.17) is 10.5 Å². The number of nitrogens with zero attached hydrogens (tertiary/aromatic N) is 2. The Labute approximate surface area is 150 Å². The van der Waals surface area contributed by atoms with Gasteiger partial charge in [0.15, 0.2) is 5.13 Å². The quantitative estimate of drug-likeness (QED) is 0.856. The number of nitrogens with two attached hydrogens (primary N) is 1. The monoisotopic (exact) mass is 363 g/mol. The fraction of sp³-hybridized carbons (Fsp3) is 0.444. The Morgan fingerprint density at radius 1 is 1.48 bits per heavy atom. The lowest BCUT2D eigenvalue weighted by molar-refractivity contribution is -0.133. The zero-order valence-electron chi connectivity index (χ0n) is 14.0. The van der Waals surface area contributed by atoms with Gasteiger partial charge in [-0.05, 0) is 31.4 Å². The number of aryl methyl sites for hydroxylation is 1. The molecule has 3 rings (SSSR count). The van der Waals surface area contributed by atoms with Crippen LogP contribution in [-0.2, 0) is 11.2 Å². The van der Waals surface area contributed by atoms with Gasteiger partial charge < -0.3 is 15.4 Å². The van der Waals surface area contributed by atoms with Crippen LogP contribution in [0.25, 0.3) is 0 Å². The Hall–Kier alpha value is -2.15. The van der Waals surface area contributed by atoms with Gasteiger partial charge in [0.05, 0.1) is 12.3 Å². The molecule has 1 fully saturated rings. The number of thiazole rings is 1. The third kappa shape index (κ3) is 5.16. The topological polar surface area (TPSA) is 68.5 Å². The molecule has 0 aliphatic carbocycles. The standard InChI is InChI=1S/C18H22FN3O2S/c19-14-4-1-5-16(9-14)24-11-13-3-2-8-22(10-13)17(23)7-6-15-12-25-18(20)21-15/h1,4-5,9,12-13H,2-3,6-8,10-11H2,(H2,20,21). The number of carbonyl (C=O) groups is 1. The number of rotatable bonds is 6. The van der Waals surface area contributed by atoms with E-state index in [0.29, 0.717) is 36.9 Å². The molecule has 5 nitrogen and oxygen atoms in total. The summed E-state index contributed by atoms with van der Waals surface area (Å²) in [5.74, 6) is 0.642. The van der Waals surface area contributed by atoms with Crippen LogP contribution in [0, 0.1) is 11.7 Å². The molecule has 1 atom stereocenters. The van der Waals surface area contributed by atoms with Gasteiger partial charge in [-0.1, -0.05) is 6.07 Å². The molecule has 1 aliphatic heterocycles. The fourth-order valence-electron chi connectivity index (χ4n) is 3.03. The van der Waals surface area contributed by atoms with Gasteiger partial charge in [0.25, 0.3) is 0 Å². The summed E-state index contributed by atoms with van der Waals surface area (Å²) in [6.07, 6.45) is 3.04. The first-order chi connectivity index (χ1) is 12.1.